The van der Waals surface area contributed by atoms with Crippen LogP contribution in [0.4, 0.5) is 13.2 Å². The Kier molecular flexibility index (Phi) is 7.70. The molecule has 168 valence electrons. The first kappa shape index (κ1) is 24.2. The molecule has 0 radical (unpaired) electrons. The summed E-state index contributed by atoms with van der Waals surface area (Å²) in [6, 6.07) is 9.07. The molecule has 2 aromatic carbocycles. The molecular weight excluding hydrogens is 411 g/mol. The largest absolute Gasteiger partial charge is 0.496 e. The molecule has 1 N–H and O–H groups in total. The van der Waals surface area contributed by atoms with Crippen LogP contribution in [0.5, 0.6) is 5.75 Å². The van der Waals surface area contributed by atoms with Crippen LogP contribution < -0.4 is 4.74 Å². The van der Waals surface area contributed by atoms with Gasteiger partial charge in [0.2, 0.25) is 5.91 Å². The highest BCUT2D eigenvalue weighted by Crippen LogP contribution is 2.41. The fourth-order valence-corrected chi connectivity index (χ4v) is 3.41. The lowest BCUT2D eigenvalue weighted by atomic mass is 9.93. The molecule has 0 aromatic heterocycles. The first-order valence-corrected chi connectivity index (χ1v) is 9.86. The number of halogens is 3. The van der Waals surface area contributed by atoms with Crippen LogP contribution in [0, 0.1) is 5.92 Å². The van der Waals surface area contributed by atoms with E-state index in [4.69, 9.17) is 9.84 Å². The van der Waals surface area contributed by atoms with E-state index in [1.54, 1.807) is 43.0 Å². The van der Waals surface area contributed by atoms with Crippen molar-refractivity contribution in [2.24, 2.45) is 5.92 Å². The van der Waals surface area contributed by atoms with E-state index in [-0.39, 0.29) is 29.7 Å². The molecule has 0 aliphatic carbocycles. The van der Waals surface area contributed by atoms with Crippen LogP contribution in [0.1, 0.15) is 37.5 Å². The van der Waals surface area contributed by atoms with Crippen LogP contribution in [-0.4, -0.2) is 35.5 Å². The van der Waals surface area contributed by atoms with Gasteiger partial charge >= 0.3 is 12.1 Å². The maximum absolute atomic E-state index is 13.5. The lowest BCUT2D eigenvalue weighted by Crippen LogP contribution is -2.33. The van der Waals surface area contributed by atoms with Gasteiger partial charge in [0.05, 0.1) is 19.1 Å². The molecule has 2 rings (SSSR count). The van der Waals surface area contributed by atoms with Gasteiger partial charge in [0, 0.05) is 24.6 Å². The van der Waals surface area contributed by atoms with Gasteiger partial charge in [0.1, 0.15) is 5.75 Å². The van der Waals surface area contributed by atoms with Crippen LogP contribution in [0.15, 0.2) is 36.4 Å². The standard InChI is InChI=1S/C23H26F3NO4/c1-5-27(22(30)14(2)3)13-15-8-6-7-9-17(15)18-10-16(11-21(28)29)19(23(24,25)26)12-20(18)31-4/h6-10,12,14H,5,11,13H2,1-4H3,(H,28,29). The second-order valence-electron chi connectivity index (χ2n) is 7.44. The third-order valence-electron chi connectivity index (χ3n) is 4.93. The van der Waals surface area contributed by atoms with Crippen molar-refractivity contribution in [1.82, 2.24) is 4.90 Å². The number of ether oxygens (including phenoxy) is 1. The summed E-state index contributed by atoms with van der Waals surface area (Å²) in [5.41, 5.74) is 0.247. The monoisotopic (exact) mass is 437 g/mol. The van der Waals surface area contributed by atoms with E-state index in [0.29, 0.717) is 17.7 Å². The van der Waals surface area contributed by atoms with Gasteiger partial charge < -0.3 is 14.7 Å². The molecule has 0 saturated heterocycles. The fourth-order valence-electron chi connectivity index (χ4n) is 3.41. The highest BCUT2D eigenvalue weighted by atomic mass is 19.4. The summed E-state index contributed by atoms with van der Waals surface area (Å²) >= 11 is 0. The molecular formula is C23H26F3NO4. The minimum Gasteiger partial charge on any atom is -0.496 e. The van der Waals surface area contributed by atoms with Crippen LogP contribution in [0.3, 0.4) is 0 Å². The highest BCUT2D eigenvalue weighted by Gasteiger charge is 2.35. The van der Waals surface area contributed by atoms with Crippen LogP contribution >= 0.6 is 0 Å². The molecule has 8 heteroatoms. The summed E-state index contributed by atoms with van der Waals surface area (Å²) in [6.07, 6.45) is -5.50. The first-order chi connectivity index (χ1) is 14.5. The van der Waals surface area contributed by atoms with Crippen LogP contribution in [0.2, 0.25) is 0 Å². The van der Waals surface area contributed by atoms with Gasteiger partial charge in [0.25, 0.3) is 0 Å². The number of carboxylic acids is 1. The van der Waals surface area contributed by atoms with E-state index in [1.807, 2.05) is 6.92 Å². The Morgan fingerprint density at radius 1 is 1.10 bits per heavy atom. The third-order valence-corrected chi connectivity index (χ3v) is 4.93. The zero-order chi connectivity index (χ0) is 23.3. The first-order valence-electron chi connectivity index (χ1n) is 9.86. The predicted octanol–water partition coefficient (Wildman–Crippen LogP) is 5.01. The van der Waals surface area contributed by atoms with Gasteiger partial charge in [-0.3, -0.25) is 9.59 Å². The Labute approximate surface area is 179 Å². The zero-order valence-electron chi connectivity index (χ0n) is 17.9. The number of benzene rings is 2. The Balaban J connectivity index is 2.65. The summed E-state index contributed by atoms with van der Waals surface area (Å²) in [6.45, 7) is 6.19. The van der Waals surface area contributed by atoms with Crippen molar-refractivity contribution < 1.29 is 32.6 Å². The number of carbonyl (C=O) groups is 2. The van der Waals surface area contributed by atoms with Crippen molar-refractivity contribution in [3.8, 4) is 16.9 Å². The van der Waals surface area contributed by atoms with E-state index in [0.717, 1.165) is 11.6 Å². The van der Waals surface area contributed by atoms with E-state index in [1.165, 1.54) is 13.2 Å². The van der Waals surface area contributed by atoms with Crippen molar-refractivity contribution >= 4 is 11.9 Å². The molecule has 0 bridgehead atoms. The molecule has 0 fully saturated rings. The Bertz CT molecular complexity index is 954. The molecule has 0 aliphatic rings. The minimum absolute atomic E-state index is 0.0212. The summed E-state index contributed by atoms with van der Waals surface area (Å²) in [7, 11) is 1.26. The fraction of sp³-hybridized carbons (Fsp3) is 0.391. The van der Waals surface area contributed by atoms with Gasteiger partial charge in [-0.25, -0.2) is 0 Å². The molecule has 0 atom stereocenters. The van der Waals surface area contributed by atoms with Crippen molar-refractivity contribution in [3.63, 3.8) is 0 Å². The van der Waals surface area contributed by atoms with Crippen LogP contribution in [-0.2, 0) is 28.7 Å². The minimum atomic E-state index is -4.72. The average molecular weight is 437 g/mol. The molecule has 1 amide bonds. The van der Waals surface area contributed by atoms with Crippen molar-refractivity contribution in [3.05, 3.63) is 53.1 Å². The number of amides is 1. The number of rotatable bonds is 8. The lowest BCUT2D eigenvalue weighted by molar-refractivity contribution is -0.140. The molecule has 2 aromatic rings. The number of hydrogen-bond acceptors (Lipinski definition) is 3. The topological polar surface area (TPSA) is 66.8 Å². The number of methoxy groups -OCH3 is 1. The van der Waals surface area contributed by atoms with Gasteiger partial charge in [-0.05, 0) is 35.7 Å². The quantitative estimate of drug-likeness (QED) is 0.630. The molecule has 31 heavy (non-hydrogen) atoms. The molecule has 0 aliphatic heterocycles. The van der Waals surface area contributed by atoms with Gasteiger partial charge in [-0.2, -0.15) is 13.2 Å². The van der Waals surface area contributed by atoms with E-state index >= 15 is 0 Å². The smallest absolute Gasteiger partial charge is 0.416 e. The lowest BCUT2D eigenvalue weighted by Gasteiger charge is -2.25. The zero-order valence-corrected chi connectivity index (χ0v) is 17.9. The Morgan fingerprint density at radius 3 is 2.26 bits per heavy atom. The van der Waals surface area contributed by atoms with E-state index < -0.39 is 24.1 Å². The molecule has 0 unspecified atom stereocenters. The Hall–Kier alpha value is -3.03. The van der Waals surface area contributed by atoms with E-state index in [9.17, 15) is 22.8 Å². The van der Waals surface area contributed by atoms with Crippen molar-refractivity contribution in [1.29, 1.82) is 0 Å². The number of hydrogen-bond donors (Lipinski definition) is 1. The van der Waals surface area contributed by atoms with Gasteiger partial charge in [0.15, 0.2) is 0 Å². The maximum atomic E-state index is 13.5. The molecule has 0 heterocycles. The normalized spacial score (nSPS) is 11.5. The third kappa shape index (κ3) is 5.77. The number of aliphatic carboxylic acids is 1. The van der Waals surface area contributed by atoms with Gasteiger partial charge in [-0.1, -0.05) is 38.1 Å². The van der Waals surface area contributed by atoms with Crippen LogP contribution in [0.25, 0.3) is 11.1 Å². The Morgan fingerprint density at radius 2 is 1.74 bits per heavy atom. The van der Waals surface area contributed by atoms with Crippen molar-refractivity contribution in [2.75, 3.05) is 13.7 Å². The van der Waals surface area contributed by atoms with Crippen molar-refractivity contribution in [2.45, 2.75) is 39.9 Å². The molecule has 5 nitrogen and oxygen atoms in total. The summed E-state index contributed by atoms with van der Waals surface area (Å²) in [5, 5.41) is 9.12. The second-order valence-corrected chi connectivity index (χ2v) is 7.44. The van der Waals surface area contributed by atoms with E-state index in [2.05, 4.69) is 0 Å². The molecule has 0 spiro atoms. The molecule has 0 saturated carbocycles. The summed E-state index contributed by atoms with van der Waals surface area (Å²) < 4.78 is 45.8. The average Bonchev–Trinajstić information content (AvgIpc) is 2.70. The number of nitrogens with zero attached hydrogens (tertiary/aromatic N) is 1. The number of alkyl halides is 3. The predicted molar refractivity (Wildman–Crippen MR) is 111 cm³/mol. The van der Waals surface area contributed by atoms with Gasteiger partial charge in [-0.15, -0.1) is 0 Å². The SMILES string of the molecule is CCN(Cc1ccccc1-c1cc(CC(=O)O)c(C(F)(F)F)cc1OC)C(=O)C(C)C. The summed E-state index contributed by atoms with van der Waals surface area (Å²) in [5.74, 6) is -1.63. The number of carbonyl (C=O) groups excluding carboxylic acids is 1. The summed E-state index contributed by atoms with van der Waals surface area (Å²) in [4.78, 5) is 25.4. The highest BCUT2D eigenvalue weighted by molar-refractivity contribution is 5.80. The second kappa shape index (κ2) is 9.85. The maximum Gasteiger partial charge on any atom is 0.416 e. The number of carboxylic acid groups (broad SMARTS) is 1.